The highest BCUT2D eigenvalue weighted by molar-refractivity contribution is 7.91. The van der Waals surface area contributed by atoms with Crippen molar-refractivity contribution in [3.63, 3.8) is 0 Å². The number of hydrogen-bond donors (Lipinski definition) is 0. The lowest BCUT2D eigenvalue weighted by Crippen LogP contribution is -2.40. The van der Waals surface area contributed by atoms with E-state index in [1.54, 1.807) is 18.3 Å². The van der Waals surface area contributed by atoms with Crippen LogP contribution in [0.2, 0.25) is 5.02 Å². The van der Waals surface area contributed by atoms with Gasteiger partial charge in [0.15, 0.2) is 15.6 Å². The molecule has 0 N–H and O–H groups in total. The number of ether oxygens (including phenoxy) is 2. The molecular weight excluding hydrogens is 524 g/mol. The number of benzene rings is 3. The molecule has 2 fully saturated rings. The number of fused-ring (bicyclic) bond motifs is 1. The molecule has 0 amide bonds. The Bertz CT molecular complexity index is 1670. The number of halogens is 1. The van der Waals surface area contributed by atoms with E-state index in [2.05, 4.69) is 11.1 Å². The molecule has 38 heavy (non-hydrogen) atoms. The summed E-state index contributed by atoms with van der Waals surface area (Å²) in [4.78, 5) is 11.2. The molecule has 1 aromatic heterocycles. The van der Waals surface area contributed by atoms with Gasteiger partial charge in [0, 0.05) is 25.2 Å². The highest BCUT2D eigenvalue weighted by Crippen LogP contribution is 2.38. The normalized spacial score (nSPS) is 16.7. The van der Waals surface area contributed by atoms with E-state index in [-0.39, 0.29) is 17.6 Å². The Morgan fingerprint density at radius 3 is 2.39 bits per heavy atom. The average Bonchev–Trinajstić information content (AvgIpc) is 3.74. The molecule has 2 heterocycles. The van der Waals surface area contributed by atoms with Gasteiger partial charge in [-0.25, -0.2) is 13.4 Å². The maximum Gasteiger partial charge on any atom is 0.156 e. The van der Waals surface area contributed by atoms with E-state index in [4.69, 9.17) is 26.1 Å². The number of nitriles is 1. The first-order valence-electron chi connectivity index (χ1n) is 12.3. The van der Waals surface area contributed by atoms with Gasteiger partial charge in [-0.2, -0.15) is 5.26 Å². The molecule has 1 aliphatic heterocycles. The second kappa shape index (κ2) is 9.78. The molecule has 1 aliphatic carbocycles. The van der Waals surface area contributed by atoms with Gasteiger partial charge in [0.2, 0.25) is 0 Å². The molecule has 0 spiro atoms. The summed E-state index contributed by atoms with van der Waals surface area (Å²) in [5, 5.41) is 9.88. The van der Waals surface area contributed by atoms with Gasteiger partial charge in [-0.1, -0.05) is 29.8 Å². The molecule has 1 saturated carbocycles. The molecule has 192 valence electrons. The summed E-state index contributed by atoms with van der Waals surface area (Å²) in [6.07, 6.45) is 3.79. The van der Waals surface area contributed by atoms with Gasteiger partial charge >= 0.3 is 0 Å². The Morgan fingerprint density at radius 1 is 0.947 bits per heavy atom. The SMILES string of the molecule is N#Cc1cc(Oc2ccc(-c3ccc4nc(N5CCS(=O)(=O)CC5)cnc4c3)cc2)cc(Cl)c1OC1CC1. The van der Waals surface area contributed by atoms with Gasteiger partial charge in [0.05, 0.1) is 45.4 Å². The van der Waals surface area contributed by atoms with Crippen LogP contribution in [0.5, 0.6) is 17.2 Å². The fourth-order valence-corrected chi connectivity index (χ4v) is 5.76. The van der Waals surface area contributed by atoms with Crippen LogP contribution in [-0.2, 0) is 9.84 Å². The van der Waals surface area contributed by atoms with Gasteiger partial charge in [0.1, 0.15) is 23.4 Å². The summed E-state index contributed by atoms with van der Waals surface area (Å²) in [5.41, 5.74) is 3.81. The molecule has 0 atom stereocenters. The Kier molecular flexibility index (Phi) is 6.30. The zero-order valence-corrected chi connectivity index (χ0v) is 21.9. The fraction of sp³-hybridized carbons (Fsp3) is 0.250. The van der Waals surface area contributed by atoms with Crippen molar-refractivity contribution >= 4 is 38.3 Å². The quantitative estimate of drug-likeness (QED) is 0.317. The molecule has 3 aromatic carbocycles. The third-order valence-corrected chi connectivity index (χ3v) is 8.46. The first-order valence-corrected chi connectivity index (χ1v) is 14.5. The second-order valence-corrected chi connectivity index (χ2v) is 12.1. The fourth-order valence-electron chi connectivity index (χ4n) is 4.31. The molecule has 4 aromatic rings. The lowest BCUT2D eigenvalue weighted by Gasteiger charge is -2.27. The molecule has 0 unspecified atom stereocenters. The standard InChI is InChI=1S/C28H23ClN4O4S/c29-24-15-23(13-20(16-30)28(24)37-22-6-7-22)36-21-4-1-18(2-5-21)19-3-8-25-26(14-19)31-17-27(32-25)33-9-11-38(34,35)12-10-33/h1-5,8,13-15,17,22H,6-7,9-12H2. The molecule has 8 nitrogen and oxygen atoms in total. The van der Waals surface area contributed by atoms with Crippen LogP contribution in [0.1, 0.15) is 18.4 Å². The summed E-state index contributed by atoms with van der Waals surface area (Å²) >= 11 is 6.38. The first-order chi connectivity index (χ1) is 18.4. The van der Waals surface area contributed by atoms with Crippen LogP contribution in [0.15, 0.2) is 60.8 Å². The van der Waals surface area contributed by atoms with Crippen molar-refractivity contribution in [1.82, 2.24) is 9.97 Å². The van der Waals surface area contributed by atoms with Crippen LogP contribution in [-0.4, -0.2) is 49.1 Å². The van der Waals surface area contributed by atoms with Gasteiger partial charge in [0.25, 0.3) is 0 Å². The largest absolute Gasteiger partial charge is 0.487 e. The zero-order valence-electron chi connectivity index (χ0n) is 20.3. The van der Waals surface area contributed by atoms with Crippen LogP contribution < -0.4 is 14.4 Å². The van der Waals surface area contributed by atoms with E-state index in [1.807, 2.05) is 47.4 Å². The van der Waals surface area contributed by atoms with E-state index < -0.39 is 9.84 Å². The second-order valence-electron chi connectivity index (χ2n) is 9.41. The van der Waals surface area contributed by atoms with Crippen molar-refractivity contribution in [2.45, 2.75) is 18.9 Å². The maximum atomic E-state index is 11.7. The van der Waals surface area contributed by atoms with Crippen molar-refractivity contribution in [3.8, 4) is 34.4 Å². The molecule has 10 heteroatoms. The molecular formula is C28H23ClN4O4S. The summed E-state index contributed by atoms with van der Waals surface area (Å²) in [5.74, 6) is 2.45. The summed E-state index contributed by atoms with van der Waals surface area (Å²) in [6.45, 7) is 0.856. The van der Waals surface area contributed by atoms with Crippen molar-refractivity contribution in [1.29, 1.82) is 5.26 Å². The van der Waals surface area contributed by atoms with Crippen LogP contribution in [0, 0.1) is 11.3 Å². The Labute approximate surface area is 225 Å². The van der Waals surface area contributed by atoms with Gasteiger partial charge in [-0.15, -0.1) is 0 Å². The van der Waals surface area contributed by atoms with Crippen molar-refractivity contribution in [2.75, 3.05) is 29.5 Å². The monoisotopic (exact) mass is 546 g/mol. The van der Waals surface area contributed by atoms with E-state index in [1.165, 1.54) is 0 Å². The number of rotatable bonds is 6. The van der Waals surface area contributed by atoms with Crippen LogP contribution in [0.4, 0.5) is 5.82 Å². The van der Waals surface area contributed by atoms with Gasteiger partial charge in [-0.3, -0.25) is 4.98 Å². The number of anilines is 1. The summed E-state index contributed by atoms with van der Waals surface area (Å²) in [7, 11) is -2.95. The smallest absolute Gasteiger partial charge is 0.156 e. The number of sulfone groups is 1. The Morgan fingerprint density at radius 2 is 1.68 bits per heavy atom. The van der Waals surface area contributed by atoms with Crippen molar-refractivity contribution in [2.24, 2.45) is 0 Å². The van der Waals surface area contributed by atoms with Crippen LogP contribution in [0.25, 0.3) is 22.2 Å². The minimum atomic E-state index is -2.95. The van der Waals surface area contributed by atoms with Gasteiger partial charge in [-0.05, 0) is 48.2 Å². The van der Waals surface area contributed by atoms with Crippen LogP contribution in [0.3, 0.4) is 0 Å². The maximum absolute atomic E-state index is 11.7. The van der Waals surface area contributed by atoms with E-state index in [0.29, 0.717) is 46.7 Å². The van der Waals surface area contributed by atoms with Crippen molar-refractivity contribution < 1.29 is 17.9 Å². The Hall–Kier alpha value is -3.87. The highest BCUT2D eigenvalue weighted by atomic mass is 35.5. The Balaban J connectivity index is 1.18. The summed E-state index contributed by atoms with van der Waals surface area (Å²) in [6, 6.07) is 18.9. The number of hydrogen-bond acceptors (Lipinski definition) is 8. The van der Waals surface area contributed by atoms with Crippen LogP contribution >= 0.6 is 11.6 Å². The third kappa shape index (κ3) is 5.23. The molecule has 0 bridgehead atoms. The lowest BCUT2D eigenvalue weighted by atomic mass is 10.0. The minimum absolute atomic E-state index is 0.137. The third-order valence-electron chi connectivity index (χ3n) is 6.57. The highest BCUT2D eigenvalue weighted by Gasteiger charge is 2.26. The summed E-state index contributed by atoms with van der Waals surface area (Å²) < 4.78 is 35.2. The lowest BCUT2D eigenvalue weighted by molar-refractivity contribution is 0.302. The molecule has 6 rings (SSSR count). The van der Waals surface area contributed by atoms with E-state index >= 15 is 0 Å². The average molecular weight is 547 g/mol. The van der Waals surface area contributed by atoms with Gasteiger partial charge < -0.3 is 14.4 Å². The zero-order chi connectivity index (χ0) is 26.3. The molecule has 2 aliphatic rings. The minimum Gasteiger partial charge on any atom is -0.487 e. The predicted molar refractivity (Wildman–Crippen MR) is 146 cm³/mol. The number of aromatic nitrogens is 2. The molecule has 0 radical (unpaired) electrons. The molecule has 1 saturated heterocycles. The van der Waals surface area contributed by atoms with Crippen molar-refractivity contribution in [3.05, 3.63) is 71.4 Å². The van der Waals surface area contributed by atoms with E-state index in [9.17, 15) is 13.7 Å². The number of nitrogens with zero attached hydrogens (tertiary/aromatic N) is 4. The van der Waals surface area contributed by atoms with E-state index in [0.717, 1.165) is 35.0 Å². The first kappa shape index (κ1) is 24.5. The topological polar surface area (TPSA) is 105 Å². The predicted octanol–water partition coefficient (Wildman–Crippen LogP) is 5.39.